The topological polar surface area (TPSA) is 149 Å². The number of aliphatic hydroxyl groups is 5. The summed E-state index contributed by atoms with van der Waals surface area (Å²) in [5, 5.41) is 54.9. The van der Waals surface area contributed by atoms with Gasteiger partial charge >= 0.3 is 0 Å². The molecular weight excluding hydrogens is 1160 g/mol. The van der Waals surface area contributed by atoms with Crippen LogP contribution in [0.3, 0.4) is 0 Å². The van der Waals surface area contributed by atoms with Crippen LogP contribution in [-0.2, 0) is 14.3 Å². The second-order valence-corrected chi connectivity index (χ2v) is 29.6. The van der Waals surface area contributed by atoms with Gasteiger partial charge in [-0.15, -0.1) is 0 Å². The van der Waals surface area contributed by atoms with Gasteiger partial charge in [0.15, 0.2) is 6.29 Å². The second kappa shape index (κ2) is 74.1. The maximum atomic E-state index is 13.2. The van der Waals surface area contributed by atoms with E-state index >= 15 is 0 Å². The standard InChI is InChI=1S/C85H163NO8/c1-3-5-7-9-11-13-15-17-19-21-23-25-27-29-31-33-35-37-38-39-40-41-42-43-45-47-49-51-53-55-57-59-61-63-65-67-69-71-73-75-81(89)86-78(77-93-85-84(92)83(91)82(90)80(76-87)94-85)79(88)74-72-70-68-66-64-62-60-58-56-54-52-50-48-46-44-36-34-32-30-28-26-24-22-20-18-16-14-12-10-8-6-4-2/h56,58,64,66,72,74,78-80,82-85,87-88,90-92H,3-55,57,59-63,65,67-71,73,75-77H2,1-2H3,(H,86,89)/b58-56+,66-64+,74-72+. The van der Waals surface area contributed by atoms with Crippen molar-refractivity contribution in [2.45, 2.75) is 487 Å². The van der Waals surface area contributed by atoms with Crippen molar-refractivity contribution in [2.75, 3.05) is 13.2 Å². The summed E-state index contributed by atoms with van der Waals surface area (Å²) in [6.07, 6.45) is 94.8. The van der Waals surface area contributed by atoms with E-state index in [-0.39, 0.29) is 12.5 Å². The van der Waals surface area contributed by atoms with E-state index < -0.39 is 49.5 Å². The highest BCUT2D eigenvalue weighted by Crippen LogP contribution is 2.24. The van der Waals surface area contributed by atoms with Gasteiger partial charge in [0, 0.05) is 6.42 Å². The lowest BCUT2D eigenvalue weighted by Crippen LogP contribution is -2.60. The first kappa shape index (κ1) is 90.4. The van der Waals surface area contributed by atoms with Crippen molar-refractivity contribution in [1.29, 1.82) is 0 Å². The van der Waals surface area contributed by atoms with Crippen LogP contribution in [0.2, 0.25) is 0 Å². The van der Waals surface area contributed by atoms with Crippen molar-refractivity contribution in [1.82, 2.24) is 5.32 Å². The molecule has 0 bridgehead atoms. The van der Waals surface area contributed by atoms with Gasteiger partial charge in [0.05, 0.1) is 25.4 Å². The second-order valence-electron chi connectivity index (χ2n) is 29.6. The molecule has 1 rings (SSSR count). The third kappa shape index (κ3) is 61.5. The number of carbonyl (C=O) groups excluding carboxylic acids is 1. The Bertz CT molecular complexity index is 1590. The van der Waals surface area contributed by atoms with Gasteiger partial charge in [-0.05, 0) is 44.9 Å². The van der Waals surface area contributed by atoms with E-state index in [1.807, 2.05) is 6.08 Å². The molecule has 6 N–H and O–H groups in total. The average molecular weight is 1330 g/mol. The Hall–Kier alpha value is -1.59. The van der Waals surface area contributed by atoms with Crippen molar-refractivity contribution in [3.63, 3.8) is 0 Å². The fourth-order valence-electron chi connectivity index (χ4n) is 13.9. The van der Waals surface area contributed by atoms with Gasteiger partial charge < -0.3 is 40.3 Å². The summed E-state index contributed by atoms with van der Waals surface area (Å²) in [7, 11) is 0. The van der Waals surface area contributed by atoms with Crippen molar-refractivity contribution < 1.29 is 39.8 Å². The third-order valence-corrected chi connectivity index (χ3v) is 20.4. The van der Waals surface area contributed by atoms with Crippen LogP contribution in [0.25, 0.3) is 0 Å². The predicted octanol–water partition coefficient (Wildman–Crippen LogP) is 24.5. The van der Waals surface area contributed by atoms with Crippen molar-refractivity contribution in [2.24, 2.45) is 0 Å². The number of ether oxygens (including phenoxy) is 2. The molecule has 7 atom stereocenters. The molecule has 1 aliphatic heterocycles. The fraction of sp³-hybridized carbons (Fsp3) is 0.918. The molecule has 1 amide bonds. The summed E-state index contributed by atoms with van der Waals surface area (Å²) >= 11 is 0. The Morgan fingerprint density at radius 1 is 0.351 bits per heavy atom. The number of hydrogen-bond acceptors (Lipinski definition) is 8. The first-order valence-electron chi connectivity index (χ1n) is 42.2. The molecule has 0 aromatic rings. The molecule has 1 heterocycles. The highest BCUT2D eigenvalue weighted by molar-refractivity contribution is 5.76. The molecule has 9 heteroatoms. The number of rotatable bonds is 76. The Balaban J connectivity index is 2.06. The highest BCUT2D eigenvalue weighted by Gasteiger charge is 2.44. The molecule has 1 aliphatic rings. The maximum absolute atomic E-state index is 13.2. The molecule has 556 valence electrons. The zero-order valence-electron chi connectivity index (χ0n) is 62.8. The number of unbranched alkanes of at least 4 members (excludes halogenated alkanes) is 62. The summed E-state index contributed by atoms with van der Waals surface area (Å²) in [6.45, 7) is 3.83. The van der Waals surface area contributed by atoms with Crippen LogP contribution in [0.5, 0.6) is 0 Å². The quantitative estimate of drug-likeness (QED) is 0.0261. The monoisotopic (exact) mass is 1330 g/mol. The summed E-state index contributed by atoms with van der Waals surface area (Å²) in [5.41, 5.74) is 0. The molecule has 1 saturated heterocycles. The molecule has 7 unspecified atom stereocenters. The molecule has 0 aromatic heterocycles. The van der Waals surface area contributed by atoms with Crippen LogP contribution in [0.1, 0.15) is 444 Å². The highest BCUT2D eigenvalue weighted by atomic mass is 16.7. The zero-order chi connectivity index (χ0) is 67.8. The van der Waals surface area contributed by atoms with Gasteiger partial charge in [-0.3, -0.25) is 4.79 Å². The zero-order valence-corrected chi connectivity index (χ0v) is 62.8. The average Bonchev–Trinajstić information content (AvgIpc) is 0.828. The fourth-order valence-corrected chi connectivity index (χ4v) is 13.9. The minimum absolute atomic E-state index is 0.181. The van der Waals surface area contributed by atoms with E-state index in [1.165, 1.54) is 379 Å². The van der Waals surface area contributed by atoms with Gasteiger partial charge in [-0.2, -0.15) is 0 Å². The first-order valence-corrected chi connectivity index (χ1v) is 42.2. The minimum Gasteiger partial charge on any atom is -0.394 e. The van der Waals surface area contributed by atoms with Crippen LogP contribution >= 0.6 is 0 Å². The van der Waals surface area contributed by atoms with E-state index in [4.69, 9.17) is 9.47 Å². The molecule has 0 radical (unpaired) electrons. The maximum Gasteiger partial charge on any atom is 0.220 e. The number of amides is 1. The molecule has 0 spiro atoms. The van der Waals surface area contributed by atoms with E-state index in [0.29, 0.717) is 6.42 Å². The summed E-state index contributed by atoms with van der Waals surface area (Å²) in [5.74, 6) is -0.181. The van der Waals surface area contributed by atoms with Crippen molar-refractivity contribution >= 4 is 5.91 Å². The van der Waals surface area contributed by atoms with Crippen LogP contribution in [0.15, 0.2) is 36.5 Å². The Kier molecular flexibility index (Phi) is 71.3. The normalized spacial score (nSPS) is 17.6. The van der Waals surface area contributed by atoms with E-state index in [2.05, 4.69) is 43.5 Å². The number of aliphatic hydroxyl groups excluding tert-OH is 5. The lowest BCUT2D eigenvalue weighted by atomic mass is 9.99. The third-order valence-electron chi connectivity index (χ3n) is 20.4. The molecule has 0 aliphatic carbocycles. The van der Waals surface area contributed by atoms with Gasteiger partial charge in [0.2, 0.25) is 5.91 Å². The Morgan fingerprint density at radius 3 is 0.894 bits per heavy atom. The van der Waals surface area contributed by atoms with Gasteiger partial charge in [0.1, 0.15) is 24.4 Å². The Morgan fingerprint density at radius 2 is 0.606 bits per heavy atom. The molecule has 94 heavy (non-hydrogen) atoms. The minimum atomic E-state index is -1.58. The number of allylic oxidation sites excluding steroid dienone is 5. The van der Waals surface area contributed by atoms with Gasteiger partial charge in [-0.1, -0.05) is 429 Å². The lowest BCUT2D eigenvalue weighted by molar-refractivity contribution is -0.302. The Labute approximate surface area is 584 Å². The van der Waals surface area contributed by atoms with E-state index in [9.17, 15) is 30.3 Å². The SMILES string of the molecule is CCCCCCCCCCCCCCCCCCCCCCCC/C=C/CC/C=C/CC/C=C/C(O)C(COC1OC(CO)C(O)C(O)C1O)NC(=O)CCCCCCCCCCCCCCCCCCCCCCCCCCCCCCCCCCCCCCCCC. The number of hydrogen-bond donors (Lipinski definition) is 6. The molecule has 0 saturated carbocycles. The molecule has 1 fully saturated rings. The van der Waals surface area contributed by atoms with Crippen LogP contribution in [0, 0.1) is 0 Å². The molecule has 0 aromatic carbocycles. The smallest absolute Gasteiger partial charge is 0.220 e. The molecule has 9 nitrogen and oxygen atoms in total. The van der Waals surface area contributed by atoms with Crippen LogP contribution < -0.4 is 5.32 Å². The molecular formula is C85H163NO8. The predicted molar refractivity (Wildman–Crippen MR) is 406 cm³/mol. The van der Waals surface area contributed by atoms with E-state index in [1.54, 1.807) is 6.08 Å². The first-order chi connectivity index (χ1) is 46.3. The van der Waals surface area contributed by atoms with Crippen molar-refractivity contribution in [3.05, 3.63) is 36.5 Å². The van der Waals surface area contributed by atoms with E-state index in [0.717, 1.165) is 44.9 Å². The lowest BCUT2D eigenvalue weighted by Gasteiger charge is -2.40. The number of carbonyl (C=O) groups is 1. The van der Waals surface area contributed by atoms with Crippen molar-refractivity contribution in [3.8, 4) is 0 Å². The largest absolute Gasteiger partial charge is 0.394 e. The number of nitrogens with one attached hydrogen (secondary N) is 1. The van der Waals surface area contributed by atoms with Gasteiger partial charge in [0.25, 0.3) is 0 Å². The van der Waals surface area contributed by atoms with Gasteiger partial charge in [-0.25, -0.2) is 0 Å². The van der Waals surface area contributed by atoms with Crippen LogP contribution in [-0.4, -0.2) is 87.5 Å². The summed E-state index contributed by atoms with van der Waals surface area (Å²) in [6, 6.07) is -0.829. The summed E-state index contributed by atoms with van der Waals surface area (Å²) in [4.78, 5) is 13.2. The summed E-state index contributed by atoms with van der Waals surface area (Å²) < 4.78 is 11.3. The van der Waals surface area contributed by atoms with Crippen LogP contribution in [0.4, 0.5) is 0 Å².